The highest BCUT2D eigenvalue weighted by Gasteiger charge is 2.68. The normalized spacial score (nSPS) is 42.6. The minimum atomic E-state index is 0.118. The van der Waals surface area contributed by atoms with E-state index in [9.17, 15) is 0 Å². The molecule has 0 nitrogen and oxygen atoms in total. The van der Waals surface area contributed by atoms with Crippen molar-refractivity contribution in [2.24, 2.45) is 35.5 Å². The van der Waals surface area contributed by atoms with Crippen LogP contribution in [0.15, 0.2) is 24.3 Å². The maximum atomic E-state index is 2.74. The maximum Gasteiger partial charge on any atom is 0.0159 e. The third-order valence-electron chi connectivity index (χ3n) is 16.2. The first kappa shape index (κ1) is 23.2. The molecule has 8 aliphatic rings. The van der Waals surface area contributed by atoms with Gasteiger partial charge in [-0.2, -0.15) is 0 Å². The Morgan fingerprint density at radius 1 is 0.488 bits per heavy atom. The molecule has 0 heterocycles. The first-order valence-electron chi connectivity index (χ1n) is 17.1. The van der Waals surface area contributed by atoms with Gasteiger partial charge in [0.2, 0.25) is 0 Å². The average molecular weight is 537 g/mol. The van der Waals surface area contributed by atoms with Gasteiger partial charge in [0.15, 0.2) is 0 Å². The molecule has 0 amide bonds. The second kappa shape index (κ2) is 6.59. The SMILES string of the molecule is Cc1c(C)c(C)c2c(c1C)C1C3CC(C4c5cc6c(cc5C34)-c3cc4c(cc3C6(C)C)C3C5CC(C(C)C5C)C43)C21. The molecule has 0 N–H and O–H groups in total. The van der Waals surface area contributed by atoms with E-state index >= 15 is 0 Å². The highest BCUT2D eigenvalue weighted by molar-refractivity contribution is 5.85. The van der Waals surface area contributed by atoms with Crippen LogP contribution in [0.2, 0.25) is 0 Å². The van der Waals surface area contributed by atoms with Crippen LogP contribution in [0.5, 0.6) is 0 Å². The molecule has 208 valence electrons. The third-order valence-corrected chi connectivity index (χ3v) is 16.2. The standard InChI is InChI=1S/C41H44/c1-15-16(2)20(6)34-33(19(15)5)39-29-12-30(40(34)39)38-28-14-32-24(11-26(28)37(29)38)23-10-25-27(13-31(23)41(32,7)8)36-22-9-21(35(25)36)17(3)18(22)4/h10-11,13-14,17-18,21-22,29-30,35-40H,9,12H2,1-8H3. The lowest BCUT2D eigenvalue weighted by molar-refractivity contribution is 0.181. The Labute approximate surface area is 246 Å². The Hall–Kier alpha value is -2.34. The van der Waals surface area contributed by atoms with Crippen LogP contribution in [0.3, 0.4) is 0 Å². The van der Waals surface area contributed by atoms with Crippen LogP contribution >= 0.6 is 0 Å². The zero-order valence-electron chi connectivity index (χ0n) is 26.2. The minimum absolute atomic E-state index is 0.118. The topological polar surface area (TPSA) is 0 Å². The van der Waals surface area contributed by atoms with E-state index in [1.54, 1.807) is 77.9 Å². The Balaban J connectivity index is 1.03. The zero-order valence-corrected chi connectivity index (χ0v) is 26.2. The molecule has 4 bridgehead atoms. The molecule has 12 atom stereocenters. The van der Waals surface area contributed by atoms with Gasteiger partial charge in [0.1, 0.15) is 0 Å². The number of benzene rings is 3. The van der Waals surface area contributed by atoms with Crippen molar-refractivity contribution in [2.45, 2.75) is 109 Å². The van der Waals surface area contributed by atoms with Crippen LogP contribution in [0, 0.1) is 63.2 Å². The van der Waals surface area contributed by atoms with Crippen molar-refractivity contribution in [1.29, 1.82) is 0 Å². The monoisotopic (exact) mass is 536 g/mol. The Morgan fingerprint density at radius 2 is 0.854 bits per heavy atom. The molecule has 12 unspecified atom stereocenters. The maximum absolute atomic E-state index is 2.74. The van der Waals surface area contributed by atoms with Gasteiger partial charge in [-0.25, -0.2) is 0 Å². The number of hydrogen-bond acceptors (Lipinski definition) is 0. The molecule has 41 heavy (non-hydrogen) atoms. The molecule has 0 spiro atoms. The molecule has 4 fully saturated rings. The van der Waals surface area contributed by atoms with Gasteiger partial charge in [0.05, 0.1) is 0 Å². The second-order valence-corrected chi connectivity index (χ2v) is 17.0. The van der Waals surface area contributed by atoms with E-state index in [4.69, 9.17) is 0 Å². The summed E-state index contributed by atoms with van der Waals surface area (Å²) in [5.74, 6) is 10.4. The molecule has 0 saturated heterocycles. The van der Waals surface area contributed by atoms with Crippen LogP contribution in [-0.2, 0) is 5.41 Å². The molecular weight excluding hydrogens is 492 g/mol. The van der Waals surface area contributed by atoms with Crippen LogP contribution < -0.4 is 0 Å². The van der Waals surface area contributed by atoms with E-state index in [0.717, 1.165) is 71.0 Å². The lowest BCUT2D eigenvalue weighted by atomic mass is 9.48. The van der Waals surface area contributed by atoms with E-state index in [-0.39, 0.29) is 5.41 Å². The molecule has 0 radical (unpaired) electrons. The average Bonchev–Trinajstić information content (AvgIpc) is 3.64. The molecule has 0 heteroatoms. The lowest BCUT2D eigenvalue weighted by Gasteiger charge is -2.55. The number of rotatable bonds is 0. The van der Waals surface area contributed by atoms with Crippen molar-refractivity contribution >= 4 is 0 Å². The highest BCUT2D eigenvalue weighted by Crippen LogP contribution is 2.80. The zero-order chi connectivity index (χ0) is 27.8. The predicted molar refractivity (Wildman–Crippen MR) is 167 cm³/mol. The molecule has 0 aliphatic heterocycles. The fraction of sp³-hybridized carbons (Fsp3) is 0.561. The fourth-order valence-electron chi connectivity index (χ4n) is 13.9. The molecular formula is C41H44. The lowest BCUT2D eigenvalue weighted by Crippen LogP contribution is -2.43. The van der Waals surface area contributed by atoms with Crippen LogP contribution in [0.1, 0.15) is 143 Å². The number of hydrogen-bond donors (Lipinski definition) is 0. The summed E-state index contributed by atoms with van der Waals surface area (Å²) in [5, 5.41) is 0. The van der Waals surface area contributed by atoms with Gasteiger partial charge in [0, 0.05) is 5.41 Å². The van der Waals surface area contributed by atoms with E-state index in [1.165, 1.54) is 12.8 Å². The van der Waals surface area contributed by atoms with Gasteiger partial charge in [-0.3, -0.25) is 0 Å². The molecule has 3 aromatic carbocycles. The predicted octanol–water partition coefficient (Wildman–Crippen LogP) is 10.0. The molecule has 4 saturated carbocycles. The van der Waals surface area contributed by atoms with Gasteiger partial charge >= 0.3 is 0 Å². The molecule has 11 rings (SSSR count). The van der Waals surface area contributed by atoms with Crippen molar-refractivity contribution in [3.8, 4) is 11.1 Å². The van der Waals surface area contributed by atoms with Crippen molar-refractivity contribution in [3.05, 3.63) is 91.0 Å². The van der Waals surface area contributed by atoms with Gasteiger partial charge in [0.25, 0.3) is 0 Å². The Morgan fingerprint density at radius 3 is 1.29 bits per heavy atom. The van der Waals surface area contributed by atoms with E-state index in [0.29, 0.717) is 0 Å². The highest BCUT2D eigenvalue weighted by atomic mass is 14.7. The summed E-state index contributed by atoms with van der Waals surface area (Å²) < 4.78 is 0. The van der Waals surface area contributed by atoms with Crippen molar-refractivity contribution in [1.82, 2.24) is 0 Å². The summed E-state index contributed by atoms with van der Waals surface area (Å²) >= 11 is 0. The summed E-state index contributed by atoms with van der Waals surface area (Å²) in [5.41, 5.74) is 23.5. The minimum Gasteiger partial charge on any atom is -0.0620 e. The van der Waals surface area contributed by atoms with E-state index in [1.807, 2.05) is 0 Å². The second-order valence-electron chi connectivity index (χ2n) is 17.0. The smallest absolute Gasteiger partial charge is 0.0159 e. The van der Waals surface area contributed by atoms with E-state index in [2.05, 4.69) is 79.7 Å². The first-order valence-corrected chi connectivity index (χ1v) is 17.1. The van der Waals surface area contributed by atoms with Crippen molar-refractivity contribution < 1.29 is 0 Å². The largest absolute Gasteiger partial charge is 0.0620 e. The Bertz CT molecular complexity index is 1810. The molecule has 3 aromatic rings. The summed E-state index contributed by atoms with van der Waals surface area (Å²) in [4.78, 5) is 0. The summed E-state index contributed by atoms with van der Waals surface area (Å²) in [6.45, 7) is 19.8. The first-order chi connectivity index (χ1) is 19.6. The summed E-state index contributed by atoms with van der Waals surface area (Å²) in [7, 11) is 0. The fourth-order valence-corrected chi connectivity index (χ4v) is 13.9. The van der Waals surface area contributed by atoms with Crippen LogP contribution in [-0.4, -0.2) is 0 Å². The summed E-state index contributed by atoms with van der Waals surface area (Å²) in [6.07, 6.45) is 2.95. The van der Waals surface area contributed by atoms with Crippen molar-refractivity contribution in [3.63, 3.8) is 0 Å². The van der Waals surface area contributed by atoms with Gasteiger partial charge in [-0.05, 0) is 189 Å². The van der Waals surface area contributed by atoms with Gasteiger partial charge in [-0.1, -0.05) is 52.0 Å². The third kappa shape index (κ3) is 2.14. The summed E-state index contributed by atoms with van der Waals surface area (Å²) in [6, 6.07) is 10.9. The molecule has 8 aliphatic carbocycles. The van der Waals surface area contributed by atoms with Crippen LogP contribution in [0.25, 0.3) is 11.1 Å². The van der Waals surface area contributed by atoms with E-state index < -0.39 is 0 Å². The number of fused-ring (bicyclic) bond motifs is 25. The van der Waals surface area contributed by atoms with Crippen molar-refractivity contribution in [2.75, 3.05) is 0 Å². The molecule has 0 aromatic heterocycles. The quantitative estimate of drug-likeness (QED) is 0.251. The Kier molecular flexibility index (Phi) is 3.72. The van der Waals surface area contributed by atoms with Gasteiger partial charge in [-0.15, -0.1) is 0 Å². The van der Waals surface area contributed by atoms with Crippen LogP contribution in [0.4, 0.5) is 0 Å². The van der Waals surface area contributed by atoms with Gasteiger partial charge < -0.3 is 0 Å².